The smallest absolute Gasteiger partial charge is 0.0666 e. The SMILES string of the molecule is CC(C#N)CN(C)C1CC(C)CC(C)C1. The van der Waals surface area contributed by atoms with Gasteiger partial charge in [-0.3, -0.25) is 0 Å². The van der Waals surface area contributed by atoms with Gasteiger partial charge in [0.15, 0.2) is 0 Å². The van der Waals surface area contributed by atoms with Gasteiger partial charge in [0.1, 0.15) is 0 Å². The molecule has 86 valence electrons. The Labute approximate surface area is 94.3 Å². The molecule has 15 heavy (non-hydrogen) atoms. The second-order valence-electron chi connectivity index (χ2n) is 5.54. The zero-order chi connectivity index (χ0) is 11.4. The minimum Gasteiger partial charge on any atom is -0.302 e. The van der Waals surface area contributed by atoms with E-state index in [-0.39, 0.29) is 5.92 Å². The van der Waals surface area contributed by atoms with Crippen LogP contribution in [0.2, 0.25) is 0 Å². The average Bonchev–Trinajstić information content (AvgIpc) is 2.16. The Morgan fingerprint density at radius 2 is 1.80 bits per heavy atom. The first-order valence-corrected chi connectivity index (χ1v) is 6.12. The highest BCUT2D eigenvalue weighted by Crippen LogP contribution is 2.31. The molecule has 1 aliphatic rings. The van der Waals surface area contributed by atoms with Crippen LogP contribution in [0.3, 0.4) is 0 Å². The fourth-order valence-electron chi connectivity index (χ4n) is 2.89. The van der Waals surface area contributed by atoms with E-state index in [4.69, 9.17) is 5.26 Å². The molecule has 3 atom stereocenters. The van der Waals surface area contributed by atoms with Crippen LogP contribution < -0.4 is 0 Å². The van der Waals surface area contributed by atoms with Gasteiger partial charge in [0.05, 0.1) is 12.0 Å². The molecule has 1 rings (SSSR count). The molecule has 2 heteroatoms. The molecule has 0 bridgehead atoms. The third-order valence-corrected chi connectivity index (χ3v) is 3.56. The van der Waals surface area contributed by atoms with Gasteiger partial charge in [-0.1, -0.05) is 13.8 Å². The van der Waals surface area contributed by atoms with Gasteiger partial charge in [0.25, 0.3) is 0 Å². The predicted octanol–water partition coefficient (Wildman–Crippen LogP) is 2.90. The minimum absolute atomic E-state index is 0.155. The molecular formula is C13H24N2. The van der Waals surface area contributed by atoms with E-state index in [1.165, 1.54) is 19.3 Å². The van der Waals surface area contributed by atoms with Crippen molar-refractivity contribution in [2.24, 2.45) is 17.8 Å². The fraction of sp³-hybridized carbons (Fsp3) is 0.923. The standard InChI is InChI=1S/C13H24N2/c1-10-5-11(2)7-13(6-10)15(4)9-12(3)8-14/h10-13H,5-7,9H2,1-4H3. The van der Waals surface area contributed by atoms with E-state index in [0.29, 0.717) is 6.04 Å². The molecule has 0 saturated heterocycles. The molecule has 0 aromatic carbocycles. The summed E-state index contributed by atoms with van der Waals surface area (Å²) in [6.45, 7) is 7.63. The minimum atomic E-state index is 0.155. The Hall–Kier alpha value is -0.550. The first kappa shape index (κ1) is 12.5. The highest BCUT2D eigenvalue weighted by atomic mass is 15.1. The quantitative estimate of drug-likeness (QED) is 0.713. The summed E-state index contributed by atoms with van der Waals surface area (Å²) in [6, 6.07) is 3.01. The van der Waals surface area contributed by atoms with Crippen LogP contribution in [0.4, 0.5) is 0 Å². The first-order valence-electron chi connectivity index (χ1n) is 6.12. The zero-order valence-corrected chi connectivity index (χ0v) is 10.5. The van der Waals surface area contributed by atoms with Crippen molar-refractivity contribution in [1.29, 1.82) is 5.26 Å². The van der Waals surface area contributed by atoms with E-state index in [9.17, 15) is 0 Å². The molecule has 2 nitrogen and oxygen atoms in total. The van der Waals surface area contributed by atoms with Crippen LogP contribution in [-0.4, -0.2) is 24.5 Å². The lowest BCUT2D eigenvalue weighted by molar-refractivity contribution is 0.127. The van der Waals surface area contributed by atoms with Crippen LogP contribution in [0, 0.1) is 29.1 Å². The summed E-state index contributed by atoms with van der Waals surface area (Å²) in [4.78, 5) is 2.39. The molecule has 0 aromatic heterocycles. The van der Waals surface area contributed by atoms with E-state index in [2.05, 4.69) is 31.9 Å². The average molecular weight is 208 g/mol. The Morgan fingerprint density at radius 1 is 1.27 bits per heavy atom. The molecule has 0 aliphatic heterocycles. The van der Waals surface area contributed by atoms with Crippen molar-refractivity contribution in [3.8, 4) is 6.07 Å². The maximum Gasteiger partial charge on any atom is 0.0666 e. The molecule has 1 saturated carbocycles. The van der Waals surface area contributed by atoms with E-state index in [0.717, 1.165) is 18.4 Å². The van der Waals surface area contributed by atoms with Crippen molar-refractivity contribution in [3.05, 3.63) is 0 Å². The summed E-state index contributed by atoms with van der Waals surface area (Å²) < 4.78 is 0. The van der Waals surface area contributed by atoms with E-state index < -0.39 is 0 Å². The van der Waals surface area contributed by atoms with Crippen molar-refractivity contribution in [1.82, 2.24) is 4.90 Å². The molecule has 0 amide bonds. The van der Waals surface area contributed by atoms with Crippen molar-refractivity contribution < 1.29 is 0 Å². The second-order valence-corrected chi connectivity index (χ2v) is 5.54. The van der Waals surface area contributed by atoms with Crippen LogP contribution in [0.1, 0.15) is 40.0 Å². The Kier molecular flexibility index (Phi) is 4.60. The Morgan fingerprint density at radius 3 is 2.27 bits per heavy atom. The molecule has 1 aliphatic carbocycles. The van der Waals surface area contributed by atoms with E-state index in [1.807, 2.05) is 6.92 Å². The third-order valence-electron chi connectivity index (χ3n) is 3.56. The Balaban J connectivity index is 2.45. The number of nitriles is 1. The predicted molar refractivity (Wildman–Crippen MR) is 63.4 cm³/mol. The molecule has 3 unspecified atom stereocenters. The van der Waals surface area contributed by atoms with Gasteiger partial charge in [0, 0.05) is 12.6 Å². The summed E-state index contributed by atoms with van der Waals surface area (Å²) in [7, 11) is 2.17. The van der Waals surface area contributed by atoms with Gasteiger partial charge < -0.3 is 4.90 Å². The van der Waals surface area contributed by atoms with E-state index >= 15 is 0 Å². The lowest BCUT2D eigenvalue weighted by Crippen LogP contribution is -2.39. The molecule has 1 fully saturated rings. The number of rotatable bonds is 3. The summed E-state index contributed by atoms with van der Waals surface area (Å²) in [5.74, 6) is 1.85. The lowest BCUT2D eigenvalue weighted by Gasteiger charge is -2.37. The van der Waals surface area contributed by atoms with E-state index in [1.54, 1.807) is 0 Å². The van der Waals surface area contributed by atoms with Gasteiger partial charge in [-0.25, -0.2) is 0 Å². The molecule has 0 aromatic rings. The first-order chi connectivity index (χ1) is 7.02. The second kappa shape index (κ2) is 5.51. The number of hydrogen-bond acceptors (Lipinski definition) is 2. The topological polar surface area (TPSA) is 27.0 Å². The summed E-state index contributed by atoms with van der Waals surface area (Å²) in [5.41, 5.74) is 0. The largest absolute Gasteiger partial charge is 0.302 e. The van der Waals surface area contributed by atoms with Gasteiger partial charge in [-0.2, -0.15) is 5.26 Å². The van der Waals surface area contributed by atoms with Gasteiger partial charge in [-0.05, 0) is 45.1 Å². The highest BCUT2D eigenvalue weighted by molar-refractivity contribution is 4.85. The van der Waals surface area contributed by atoms with Crippen molar-refractivity contribution in [2.45, 2.75) is 46.1 Å². The molecule has 0 N–H and O–H groups in total. The summed E-state index contributed by atoms with van der Waals surface area (Å²) >= 11 is 0. The molecular weight excluding hydrogens is 184 g/mol. The van der Waals surface area contributed by atoms with Crippen LogP contribution in [0.15, 0.2) is 0 Å². The summed E-state index contributed by atoms with van der Waals surface area (Å²) in [5, 5.41) is 8.81. The maximum absolute atomic E-state index is 8.81. The van der Waals surface area contributed by atoms with Crippen LogP contribution >= 0.6 is 0 Å². The summed E-state index contributed by atoms with van der Waals surface area (Å²) in [6.07, 6.45) is 3.98. The van der Waals surface area contributed by atoms with Crippen molar-refractivity contribution in [2.75, 3.05) is 13.6 Å². The zero-order valence-electron chi connectivity index (χ0n) is 10.5. The molecule has 0 heterocycles. The molecule has 0 radical (unpaired) electrons. The highest BCUT2D eigenvalue weighted by Gasteiger charge is 2.26. The maximum atomic E-state index is 8.81. The van der Waals surface area contributed by atoms with Crippen LogP contribution in [-0.2, 0) is 0 Å². The monoisotopic (exact) mass is 208 g/mol. The van der Waals surface area contributed by atoms with Gasteiger partial charge in [-0.15, -0.1) is 0 Å². The number of nitrogens with zero attached hydrogens (tertiary/aromatic N) is 2. The van der Waals surface area contributed by atoms with Crippen molar-refractivity contribution in [3.63, 3.8) is 0 Å². The fourth-order valence-corrected chi connectivity index (χ4v) is 2.89. The third kappa shape index (κ3) is 3.83. The number of hydrogen-bond donors (Lipinski definition) is 0. The Bertz CT molecular complexity index is 221. The van der Waals surface area contributed by atoms with Crippen LogP contribution in [0.25, 0.3) is 0 Å². The normalized spacial score (nSPS) is 33.7. The van der Waals surface area contributed by atoms with Crippen molar-refractivity contribution >= 4 is 0 Å². The van der Waals surface area contributed by atoms with Gasteiger partial charge >= 0.3 is 0 Å². The lowest BCUT2D eigenvalue weighted by atomic mass is 9.80. The molecule has 0 spiro atoms. The van der Waals surface area contributed by atoms with Crippen LogP contribution in [0.5, 0.6) is 0 Å². The van der Waals surface area contributed by atoms with Gasteiger partial charge in [0.2, 0.25) is 0 Å².